The van der Waals surface area contributed by atoms with Crippen molar-refractivity contribution >= 4 is 56.5 Å². The van der Waals surface area contributed by atoms with Crippen molar-refractivity contribution in [3.63, 3.8) is 0 Å². The summed E-state index contributed by atoms with van der Waals surface area (Å²) in [7, 11) is 0. The first-order valence-corrected chi connectivity index (χ1v) is 11.9. The number of hydrogen-bond donors (Lipinski definition) is 1. The molecule has 0 aliphatic carbocycles. The Labute approximate surface area is 204 Å². The van der Waals surface area contributed by atoms with Gasteiger partial charge in [0.2, 0.25) is 5.91 Å². The van der Waals surface area contributed by atoms with Crippen LogP contribution >= 0.6 is 27.7 Å². The average molecular weight is 524 g/mol. The van der Waals surface area contributed by atoms with Crippen LogP contribution in [0.5, 0.6) is 0 Å². The van der Waals surface area contributed by atoms with Crippen LogP contribution in [0.4, 0.5) is 10.5 Å². The van der Waals surface area contributed by atoms with Crippen LogP contribution in [0.15, 0.2) is 64.0 Å². The van der Waals surface area contributed by atoms with Crippen LogP contribution in [-0.4, -0.2) is 33.1 Å². The predicted octanol–water partition coefficient (Wildman–Crippen LogP) is 5.84. The zero-order valence-electron chi connectivity index (χ0n) is 18.4. The van der Waals surface area contributed by atoms with Crippen LogP contribution in [0, 0.1) is 20.8 Å². The van der Waals surface area contributed by atoms with E-state index in [1.165, 1.54) is 0 Å². The molecular formula is C25H22BrN3O3S. The molecule has 2 aromatic carbocycles. The Morgan fingerprint density at radius 3 is 2.48 bits per heavy atom. The lowest BCUT2D eigenvalue weighted by Crippen LogP contribution is -2.36. The number of nitrogens with one attached hydrogen (secondary N) is 1. The van der Waals surface area contributed by atoms with E-state index in [1.54, 1.807) is 30.3 Å². The Balaban J connectivity index is 1.55. The second kappa shape index (κ2) is 9.41. The molecule has 1 aromatic heterocycles. The molecule has 4 rings (SSSR count). The molecule has 8 heteroatoms. The number of aromatic nitrogens is 1. The van der Waals surface area contributed by atoms with Gasteiger partial charge in [-0.1, -0.05) is 34.1 Å². The van der Waals surface area contributed by atoms with Crippen molar-refractivity contribution in [2.24, 2.45) is 0 Å². The summed E-state index contributed by atoms with van der Waals surface area (Å²) in [6.07, 6.45) is 1.73. The van der Waals surface area contributed by atoms with Crippen molar-refractivity contribution in [2.75, 3.05) is 11.9 Å². The van der Waals surface area contributed by atoms with Crippen LogP contribution in [-0.2, 0) is 9.59 Å². The molecule has 1 N–H and O–H groups in total. The van der Waals surface area contributed by atoms with Gasteiger partial charge in [-0.2, -0.15) is 0 Å². The van der Waals surface area contributed by atoms with Gasteiger partial charge < -0.3 is 9.88 Å². The number of rotatable bonds is 5. The van der Waals surface area contributed by atoms with Crippen LogP contribution in [0.25, 0.3) is 11.8 Å². The molecule has 0 radical (unpaired) electrons. The highest BCUT2D eigenvalue weighted by molar-refractivity contribution is 9.10. The van der Waals surface area contributed by atoms with Gasteiger partial charge in [0.1, 0.15) is 6.54 Å². The maximum Gasteiger partial charge on any atom is 0.294 e. The topological polar surface area (TPSA) is 71.4 Å². The molecule has 1 aliphatic rings. The Morgan fingerprint density at radius 1 is 1.06 bits per heavy atom. The maximum absolute atomic E-state index is 12.9. The van der Waals surface area contributed by atoms with Crippen molar-refractivity contribution in [3.8, 4) is 5.69 Å². The predicted molar refractivity (Wildman–Crippen MR) is 135 cm³/mol. The largest absolute Gasteiger partial charge is 0.325 e. The molecule has 2 heterocycles. The van der Waals surface area contributed by atoms with Gasteiger partial charge in [-0.3, -0.25) is 19.3 Å². The van der Waals surface area contributed by atoms with E-state index in [0.717, 1.165) is 49.3 Å². The molecule has 168 valence electrons. The van der Waals surface area contributed by atoms with E-state index in [2.05, 4.69) is 31.9 Å². The first-order valence-electron chi connectivity index (χ1n) is 10.3. The van der Waals surface area contributed by atoms with E-state index in [1.807, 2.05) is 45.0 Å². The van der Waals surface area contributed by atoms with Crippen LogP contribution < -0.4 is 5.32 Å². The second-order valence-corrected chi connectivity index (χ2v) is 9.62. The van der Waals surface area contributed by atoms with Crippen molar-refractivity contribution in [2.45, 2.75) is 20.8 Å². The molecule has 33 heavy (non-hydrogen) atoms. The number of nitrogens with zero attached hydrogens (tertiary/aromatic N) is 2. The monoisotopic (exact) mass is 523 g/mol. The summed E-state index contributed by atoms with van der Waals surface area (Å²) in [5.41, 5.74) is 5.59. The normalized spacial score (nSPS) is 14.9. The van der Waals surface area contributed by atoms with Crippen LogP contribution in [0.1, 0.15) is 22.5 Å². The first-order chi connectivity index (χ1) is 15.7. The fourth-order valence-corrected chi connectivity index (χ4v) is 4.82. The van der Waals surface area contributed by atoms with Crippen molar-refractivity contribution < 1.29 is 14.4 Å². The lowest BCUT2D eigenvalue weighted by Gasteiger charge is -2.12. The number of thioether (sulfide) groups is 1. The minimum absolute atomic E-state index is 0.305. The van der Waals surface area contributed by atoms with Gasteiger partial charge >= 0.3 is 0 Å². The van der Waals surface area contributed by atoms with Gasteiger partial charge in [-0.15, -0.1) is 0 Å². The minimum atomic E-state index is -0.461. The SMILES string of the molecule is Cc1cc(-n2c(C)cc(/C=C3\SC(=O)N(CC(=O)Nc4ccccc4)C3=O)c2C)ccc1Br. The average Bonchev–Trinajstić information content (AvgIpc) is 3.20. The number of aryl methyl sites for hydroxylation is 2. The number of anilines is 1. The molecule has 1 fully saturated rings. The third-order valence-corrected chi connectivity index (χ3v) is 7.19. The second-order valence-electron chi connectivity index (χ2n) is 7.78. The molecule has 0 bridgehead atoms. The lowest BCUT2D eigenvalue weighted by atomic mass is 10.2. The van der Waals surface area contributed by atoms with Crippen molar-refractivity contribution in [1.82, 2.24) is 9.47 Å². The number of amides is 3. The number of carbonyl (C=O) groups is 3. The lowest BCUT2D eigenvalue weighted by molar-refractivity contribution is -0.127. The Hall–Kier alpha value is -3.10. The standard InChI is InChI=1S/C25H22BrN3O3S/c1-15-11-20(9-10-21(15)26)29-16(2)12-18(17(29)3)13-22-24(31)28(25(32)33-22)14-23(30)27-19-7-5-4-6-8-19/h4-13H,14H2,1-3H3,(H,27,30)/b22-13-. The number of hydrogen-bond acceptors (Lipinski definition) is 4. The summed E-state index contributed by atoms with van der Waals surface area (Å²) in [5.74, 6) is -0.883. The number of halogens is 1. The smallest absolute Gasteiger partial charge is 0.294 e. The fraction of sp³-hybridized carbons (Fsp3) is 0.160. The van der Waals surface area contributed by atoms with Crippen molar-refractivity contribution in [3.05, 3.63) is 86.5 Å². The van der Waals surface area contributed by atoms with Gasteiger partial charge in [0, 0.05) is 27.2 Å². The fourth-order valence-electron chi connectivity index (χ4n) is 3.74. The summed E-state index contributed by atoms with van der Waals surface area (Å²) in [5, 5.41) is 2.25. The highest BCUT2D eigenvalue weighted by atomic mass is 79.9. The van der Waals surface area contributed by atoms with Gasteiger partial charge in [0.05, 0.1) is 4.91 Å². The maximum atomic E-state index is 12.9. The highest BCUT2D eigenvalue weighted by Gasteiger charge is 2.36. The Morgan fingerprint density at radius 2 is 1.79 bits per heavy atom. The molecule has 1 aliphatic heterocycles. The minimum Gasteiger partial charge on any atom is -0.325 e. The molecule has 3 aromatic rings. The van der Waals surface area contributed by atoms with Gasteiger partial charge in [-0.25, -0.2) is 0 Å². The summed E-state index contributed by atoms with van der Waals surface area (Å²) in [4.78, 5) is 39.0. The molecule has 3 amide bonds. The summed E-state index contributed by atoms with van der Waals surface area (Å²) in [6, 6.07) is 17.0. The third kappa shape index (κ3) is 4.82. The molecular weight excluding hydrogens is 502 g/mol. The van der Waals surface area contributed by atoms with E-state index < -0.39 is 17.1 Å². The summed E-state index contributed by atoms with van der Waals surface area (Å²) >= 11 is 4.38. The highest BCUT2D eigenvalue weighted by Crippen LogP contribution is 2.34. The zero-order chi connectivity index (χ0) is 23.7. The van der Waals surface area contributed by atoms with E-state index in [0.29, 0.717) is 10.6 Å². The summed E-state index contributed by atoms with van der Waals surface area (Å²) < 4.78 is 3.15. The van der Waals surface area contributed by atoms with Crippen LogP contribution in [0.3, 0.4) is 0 Å². The van der Waals surface area contributed by atoms with Gasteiger partial charge in [0.25, 0.3) is 11.1 Å². The van der Waals surface area contributed by atoms with Gasteiger partial charge in [-0.05, 0) is 86.1 Å². The van der Waals surface area contributed by atoms with Gasteiger partial charge in [0.15, 0.2) is 0 Å². The number of benzene rings is 2. The molecule has 0 saturated carbocycles. The zero-order valence-corrected chi connectivity index (χ0v) is 20.8. The van der Waals surface area contributed by atoms with E-state index >= 15 is 0 Å². The molecule has 0 unspecified atom stereocenters. The van der Waals surface area contributed by atoms with E-state index in [9.17, 15) is 14.4 Å². The molecule has 0 atom stereocenters. The van der Waals surface area contributed by atoms with E-state index in [4.69, 9.17) is 0 Å². The van der Waals surface area contributed by atoms with E-state index in [-0.39, 0.29) is 6.54 Å². The first kappa shape index (κ1) is 23.1. The summed E-state index contributed by atoms with van der Waals surface area (Å²) in [6.45, 7) is 5.69. The van der Waals surface area contributed by atoms with Crippen LogP contribution in [0.2, 0.25) is 0 Å². The molecule has 1 saturated heterocycles. The number of para-hydroxylation sites is 1. The molecule has 0 spiro atoms. The van der Waals surface area contributed by atoms with Crippen molar-refractivity contribution in [1.29, 1.82) is 0 Å². The Bertz CT molecular complexity index is 1300. The quantitative estimate of drug-likeness (QED) is 0.426. The molecule has 6 nitrogen and oxygen atoms in total. The number of carbonyl (C=O) groups excluding carboxylic acids is 3. The Kier molecular flexibility index (Phi) is 6.58. The third-order valence-electron chi connectivity index (χ3n) is 5.39. The number of imide groups is 1.